The molecule has 5 aromatic rings. The molecule has 0 radical (unpaired) electrons. The van der Waals surface area contributed by atoms with Gasteiger partial charge in [-0.2, -0.15) is 0 Å². The van der Waals surface area contributed by atoms with Crippen LogP contribution in [-0.2, 0) is 0 Å². The number of para-hydroxylation sites is 1. The van der Waals surface area contributed by atoms with Gasteiger partial charge < -0.3 is 9.97 Å². The Morgan fingerprint density at radius 2 is 1.52 bits per heavy atom. The Kier molecular flexibility index (Phi) is 5.36. The average Bonchev–Trinajstić information content (AvgIpc) is 2.82. The van der Waals surface area contributed by atoms with Gasteiger partial charge in [0.2, 0.25) is 0 Å². The number of pyridine rings is 2. The molecule has 0 aliphatic rings. The van der Waals surface area contributed by atoms with E-state index in [1.165, 1.54) is 12.2 Å². The molecule has 2 aromatic heterocycles. The van der Waals surface area contributed by atoms with Crippen LogP contribution in [0.4, 0.5) is 0 Å². The molecule has 160 valence electrons. The van der Waals surface area contributed by atoms with Crippen LogP contribution < -0.4 is 11.1 Å². The first-order valence-corrected chi connectivity index (χ1v) is 11.1. The Bertz CT molecular complexity index is 1680. The quantitative estimate of drug-likeness (QED) is 0.247. The molecule has 6 heteroatoms. The molecule has 0 fully saturated rings. The average molecular weight is 497 g/mol. The topological polar surface area (TPSA) is 82.8 Å². The third-order valence-corrected chi connectivity index (χ3v) is 5.97. The Hall–Kier alpha value is -4.03. The Labute approximate surface area is 196 Å². The molecule has 0 saturated heterocycles. The zero-order valence-corrected chi connectivity index (χ0v) is 18.8. The number of hydrogen-bond acceptors (Lipinski definition) is 3. The summed E-state index contributed by atoms with van der Waals surface area (Å²) in [5, 5.41) is 1.60. The number of fused-ring (bicyclic) bond motifs is 2. The Balaban J connectivity index is 1.68. The molecule has 0 bridgehead atoms. The van der Waals surface area contributed by atoms with Crippen LogP contribution in [0.25, 0.3) is 39.0 Å². The van der Waals surface area contributed by atoms with E-state index in [9.17, 15) is 14.4 Å². The van der Waals surface area contributed by atoms with Crippen molar-refractivity contribution in [2.45, 2.75) is 0 Å². The maximum absolute atomic E-state index is 13.3. The van der Waals surface area contributed by atoms with Crippen molar-refractivity contribution in [2.75, 3.05) is 0 Å². The number of benzene rings is 3. The minimum absolute atomic E-state index is 0.0280. The molecule has 5 nitrogen and oxygen atoms in total. The number of aromatic nitrogens is 2. The lowest BCUT2D eigenvalue weighted by Crippen LogP contribution is -2.19. The third kappa shape index (κ3) is 3.97. The van der Waals surface area contributed by atoms with Crippen molar-refractivity contribution in [1.29, 1.82) is 0 Å². The van der Waals surface area contributed by atoms with E-state index in [0.29, 0.717) is 22.2 Å². The van der Waals surface area contributed by atoms with Crippen molar-refractivity contribution in [1.82, 2.24) is 9.97 Å². The SMILES string of the molecule is O=C(C=Cc1cc2ccccc2[nH]c1=O)c1c(-c2ccccc2)c2cc(Br)ccc2[nH]c1=O. The van der Waals surface area contributed by atoms with Gasteiger partial charge in [0.1, 0.15) is 0 Å². The van der Waals surface area contributed by atoms with Crippen molar-refractivity contribution in [3.8, 4) is 11.1 Å². The van der Waals surface area contributed by atoms with Gasteiger partial charge in [0, 0.05) is 32.0 Å². The second kappa shape index (κ2) is 8.48. The van der Waals surface area contributed by atoms with Crippen LogP contribution in [0.2, 0.25) is 0 Å². The van der Waals surface area contributed by atoms with E-state index < -0.39 is 11.3 Å². The fraction of sp³-hybridized carbons (Fsp3) is 0. The molecule has 0 aliphatic heterocycles. The number of hydrogen-bond donors (Lipinski definition) is 2. The van der Waals surface area contributed by atoms with Gasteiger partial charge >= 0.3 is 0 Å². The van der Waals surface area contributed by atoms with Crippen LogP contribution in [0.3, 0.4) is 0 Å². The number of ketones is 1. The summed E-state index contributed by atoms with van der Waals surface area (Å²) in [6, 6.07) is 24.0. The van der Waals surface area contributed by atoms with Gasteiger partial charge in [-0.05, 0) is 53.4 Å². The number of H-pyrrole nitrogens is 2. The van der Waals surface area contributed by atoms with Gasteiger partial charge in [0.05, 0.1) is 5.56 Å². The predicted molar refractivity (Wildman–Crippen MR) is 136 cm³/mol. The van der Waals surface area contributed by atoms with E-state index >= 15 is 0 Å². The maximum atomic E-state index is 13.3. The first kappa shape index (κ1) is 20.8. The molecule has 0 saturated carbocycles. The minimum atomic E-state index is -0.482. The first-order valence-electron chi connectivity index (χ1n) is 10.3. The number of halogens is 1. The number of carbonyl (C=O) groups is 1. The standard InChI is InChI=1S/C27H17BrN2O3/c28-19-11-12-22-20(15-19)24(16-6-2-1-3-7-16)25(27(33)30-22)23(31)13-10-18-14-17-8-4-5-9-21(17)29-26(18)32/h1-15H,(H,29,32)(H,30,33). The summed E-state index contributed by atoms with van der Waals surface area (Å²) in [5.41, 5.74) is 2.24. The second-order valence-corrected chi connectivity index (χ2v) is 8.51. The number of nitrogens with one attached hydrogen (secondary N) is 2. The molecule has 5 rings (SSSR count). The molecule has 0 aliphatic carbocycles. The van der Waals surface area contributed by atoms with Crippen molar-refractivity contribution in [2.24, 2.45) is 0 Å². The molecule has 33 heavy (non-hydrogen) atoms. The lowest BCUT2D eigenvalue weighted by Gasteiger charge is -2.12. The Morgan fingerprint density at radius 1 is 0.788 bits per heavy atom. The van der Waals surface area contributed by atoms with Crippen LogP contribution in [0.1, 0.15) is 15.9 Å². The van der Waals surface area contributed by atoms with Crippen molar-refractivity contribution >= 4 is 49.6 Å². The minimum Gasteiger partial charge on any atom is -0.321 e. The molecule has 0 amide bonds. The largest absolute Gasteiger partial charge is 0.321 e. The number of aromatic amines is 2. The van der Waals surface area contributed by atoms with Crippen LogP contribution >= 0.6 is 15.9 Å². The van der Waals surface area contributed by atoms with Crippen LogP contribution in [0.5, 0.6) is 0 Å². The van der Waals surface area contributed by atoms with Crippen molar-refractivity contribution in [3.05, 3.63) is 121 Å². The first-order chi connectivity index (χ1) is 16.0. The van der Waals surface area contributed by atoms with Gasteiger partial charge in [-0.1, -0.05) is 64.5 Å². The Morgan fingerprint density at radius 3 is 2.33 bits per heavy atom. The van der Waals surface area contributed by atoms with E-state index in [1.807, 2.05) is 66.7 Å². The molecule has 0 atom stereocenters. The van der Waals surface area contributed by atoms with E-state index in [0.717, 1.165) is 20.8 Å². The van der Waals surface area contributed by atoms with Crippen molar-refractivity contribution in [3.63, 3.8) is 0 Å². The monoisotopic (exact) mass is 496 g/mol. The zero-order chi connectivity index (χ0) is 22.9. The summed E-state index contributed by atoms with van der Waals surface area (Å²) in [7, 11) is 0. The molecular formula is C27H17BrN2O3. The summed E-state index contributed by atoms with van der Waals surface area (Å²) >= 11 is 3.48. The van der Waals surface area contributed by atoms with E-state index in [-0.39, 0.29) is 11.1 Å². The third-order valence-electron chi connectivity index (χ3n) is 5.48. The smallest absolute Gasteiger partial charge is 0.260 e. The fourth-order valence-electron chi connectivity index (χ4n) is 3.94. The molecule has 2 N–H and O–H groups in total. The lowest BCUT2D eigenvalue weighted by atomic mass is 9.94. The summed E-state index contributed by atoms with van der Waals surface area (Å²) in [5.74, 6) is -0.482. The number of carbonyl (C=O) groups excluding carboxylic acids is 1. The summed E-state index contributed by atoms with van der Waals surface area (Å²) in [6.07, 6.45) is 2.73. The fourth-order valence-corrected chi connectivity index (χ4v) is 4.30. The molecule has 3 aromatic carbocycles. The van der Waals surface area contributed by atoms with Crippen LogP contribution in [0, 0.1) is 0 Å². The summed E-state index contributed by atoms with van der Waals surface area (Å²) in [6.45, 7) is 0. The molecule has 0 spiro atoms. The number of allylic oxidation sites excluding steroid dienone is 1. The van der Waals surface area contributed by atoms with E-state index in [1.54, 1.807) is 12.1 Å². The van der Waals surface area contributed by atoms with Gasteiger partial charge in [0.15, 0.2) is 5.78 Å². The zero-order valence-electron chi connectivity index (χ0n) is 17.3. The van der Waals surface area contributed by atoms with E-state index in [4.69, 9.17) is 0 Å². The van der Waals surface area contributed by atoms with Crippen molar-refractivity contribution < 1.29 is 4.79 Å². The lowest BCUT2D eigenvalue weighted by molar-refractivity contribution is 0.104. The van der Waals surface area contributed by atoms with Gasteiger partial charge in [-0.15, -0.1) is 0 Å². The summed E-state index contributed by atoms with van der Waals surface area (Å²) < 4.78 is 0.830. The molecule has 0 unspecified atom stereocenters. The van der Waals surface area contributed by atoms with Gasteiger partial charge in [0.25, 0.3) is 11.1 Å². The second-order valence-electron chi connectivity index (χ2n) is 7.60. The van der Waals surface area contributed by atoms with Crippen LogP contribution in [-0.4, -0.2) is 15.8 Å². The summed E-state index contributed by atoms with van der Waals surface area (Å²) in [4.78, 5) is 44.4. The van der Waals surface area contributed by atoms with Gasteiger partial charge in [-0.3, -0.25) is 14.4 Å². The molecular weight excluding hydrogens is 480 g/mol. The predicted octanol–water partition coefficient (Wildman–Crippen LogP) is 5.70. The highest BCUT2D eigenvalue weighted by molar-refractivity contribution is 9.10. The number of rotatable bonds is 4. The highest BCUT2D eigenvalue weighted by atomic mass is 79.9. The normalized spacial score (nSPS) is 11.4. The highest BCUT2D eigenvalue weighted by Crippen LogP contribution is 2.31. The highest BCUT2D eigenvalue weighted by Gasteiger charge is 2.19. The van der Waals surface area contributed by atoms with E-state index in [2.05, 4.69) is 25.9 Å². The van der Waals surface area contributed by atoms with Crippen LogP contribution in [0.15, 0.2) is 99.0 Å². The van der Waals surface area contributed by atoms with Gasteiger partial charge in [-0.25, -0.2) is 0 Å². The molecule has 2 heterocycles. The maximum Gasteiger partial charge on any atom is 0.260 e.